The van der Waals surface area contributed by atoms with Crippen molar-refractivity contribution in [1.29, 1.82) is 0 Å². The molecule has 0 aromatic heterocycles. The van der Waals surface area contributed by atoms with Crippen molar-refractivity contribution in [3.8, 4) is 5.75 Å². The van der Waals surface area contributed by atoms with Crippen LogP contribution in [0, 0.1) is 0 Å². The second-order valence-corrected chi connectivity index (χ2v) is 4.34. The topological polar surface area (TPSA) is 24.5 Å². The van der Waals surface area contributed by atoms with Crippen LogP contribution in [0.3, 0.4) is 0 Å². The lowest BCUT2D eigenvalue weighted by Crippen LogP contribution is -2.49. The van der Waals surface area contributed by atoms with Crippen molar-refractivity contribution in [1.82, 2.24) is 10.2 Å². The van der Waals surface area contributed by atoms with Gasteiger partial charge >= 0.3 is 0 Å². The molecule has 1 saturated heterocycles. The number of halogens is 1. The van der Waals surface area contributed by atoms with Crippen molar-refractivity contribution >= 4 is 12.4 Å². The van der Waals surface area contributed by atoms with Gasteiger partial charge in [0, 0.05) is 37.8 Å². The maximum Gasteiger partial charge on any atom is 0.123 e. The van der Waals surface area contributed by atoms with Crippen LogP contribution in [0.2, 0.25) is 0 Å². The Hall–Kier alpha value is -0.770. The van der Waals surface area contributed by atoms with Gasteiger partial charge in [0.05, 0.1) is 7.11 Å². The predicted molar refractivity (Wildman–Crippen MR) is 73.0 cm³/mol. The van der Waals surface area contributed by atoms with Gasteiger partial charge in [0.1, 0.15) is 5.75 Å². The Kier molecular flexibility index (Phi) is 5.75. The van der Waals surface area contributed by atoms with E-state index in [9.17, 15) is 0 Å². The number of benzene rings is 1. The van der Waals surface area contributed by atoms with Crippen molar-refractivity contribution in [3.05, 3.63) is 29.8 Å². The predicted octanol–water partition coefficient (Wildman–Crippen LogP) is 1.91. The van der Waals surface area contributed by atoms with Gasteiger partial charge in [0.2, 0.25) is 0 Å². The summed E-state index contributed by atoms with van der Waals surface area (Å²) in [6.45, 7) is 6.52. The average molecular weight is 257 g/mol. The molecular weight excluding hydrogens is 236 g/mol. The minimum absolute atomic E-state index is 0. The van der Waals surface area contributed by atoms with Crippen molar-refractivity contribution < 1.29 is 4.74 Å². The summed E-state index contributed by atoms with van der Waals surface area (Å²) in [7, 11) is 1.74. The van der Waals surface area contributed by atoms with Crippen LogP contribution >= 0.6 is 12.4 Å². The number of ether oxygens (including phenoxy) is 1. The first-order valence-corrected chi connectivity index (χ1v) is 5.88. The van der Waals surface area contributed by atoms with Crippen molar-refractivity contribution in [3.63, 3.8) is 0 Å². The third kappa shape index (κ3) is 3.60. The number of para-hydroxylation sites is 1. The molecule has 2 rings (SSSR count). The fourth-order valence-corrected chi connectivity index (χ4v) is 2.17. The monoisotopic (exact) mass is 256 g/mol. The Morgan fingerprint density at radius 3 is 2.88 bits per heavy atom. The number of piperazine rings is 1. The summed E-state index contributed by atoms with van der Waals surface area (Å²) in [5.74, 6) is 0.994. The first-order valence-electron chi connectivity index (χ1n) is 5.88. The van der Waals surface area contributed by atoms with Crippen LogP contribution in [-0.2, 0) is 6.54 Å². The molecule has 0 amide bonds. The molecule has 1 aliphatic rings. The molecule has 3 nitrogen and oxygen atoms in total. The summed E-state index contributed by atoms with van der Waals surface area (Å²) in [5.41, 5.74) is 1.28. The number of nitrogens with one attached hydrogen (secondary N) is 1. The Labute approximate surface area is 110 Å². The van der Waals surface area contributed by atoms with E-state index >= 15 is 0 Å². The lowest BCUT2D eigenvalue weighted by molar-refractivity contribution is 0.164. The minimum Gasteiger partial charge on any atom is -0.496 e. The molecule has 96 valence electrons. The molecule has 1 atom stereocenters. The number of methoxy groups -OCH3 is 1. The quantitative estimate of drug-likeness (QED) is 0.894. The maximum absolute atomic E-state index is 5.38. The van der Waals surface area contributed by atoms with Gasteiger partial charge in [-0.2, -0.15) is 0 Å². The second-order valence-electron chi connectivity index (χ2n) is 4.34. The van der Waals surface area contributed by atoms with E-state index in [1.165, 1.54) is 5.56 Å². The van der Waals surface area contributed by atoms with E-state index < -0.39 is 0 Å². The fourth-order valence-electron chi connectivity index (χ4n) is 2.17. The first kappa shape index (κ1) is 14.3. The highest BCUT2D eigenvalue weighted by molar-refractivity contribution is 5.85. The number of rotatable bonds is 3. The zero-order valence-corrected chi connectivity index (χ0v) is 11.3. The number of hydrogen-bond donors (Lipinski definition) is 1. The van der Waals surface area contributed by atoms with Crippen LogP contribution < -0.4 is 10.1 Å². The molecule has 0 bridgehead atoms. The molecule has 0 aliphatic carbocycles. The standard InChI is InChI=1S/C13H20N2O.ClH/c1-11-9-14-7-8-15(11)10-12-5-3-4-6-13(12)16-2;/h3-6,11,14H,7-10H2,1-2H3;1H. The van der Waals surface area contributed by atoms with Crippen molar-refractivity contribution in [2.75, 3.05) is 26.7 Å². The summed E-state index contributed by atoms with van der Waals surface area (Å²) >= 11 is 0. The van der Waals surface area contributed by atoms with Gasteiger partial charge in [0.15, 0.2) is 0 Å². The third-order valence-electron chi connectivity index (χ3n) is 3.20. The van der Waals surface area contributed by atoms with Crippen LogP contribution in [0.15, 0.2) is 24.3 Å². The van der Waals surface area contributed by atoms with E-state index in [1.54, 1.807) is 7.11 Å². The van der Waals surface area contributed by atoms with Gasteiger partial charge in [-0.05, 0) is 13.0 Å². The molecule has 1 fully saturated rings. The highest BCUT2D eigenvalue weighted by atomic mass is 35.5. The molecule has 1 aromatic rings. The van der Waals surface area contributed by atoms with Crippen molar-refractivity contribution in [2.45, 2.75) is 19.5 Å². The van der Waals surface area contributed by atoms with Crippen molar-refractivity contribution in [2.24, 2.45) is 0 Å². The van der Waals surface area contributed by atoms with Crippen LogP contribution in [0.25, 0.3) is 0 Å². The summed E-state index contributed by atoms with van der Waals surface area (Å²) < 4.78 is 5.38. The van der Waals surface area contributed by atoms with E-state index in [1.807, 2.05) is 12.1 Å². The zero-order valence-electron chi connectivity index (χ0n) is 10.5. The van der Waals surface area contributed by atoms with Gasteiger partial charge in [-0.25, -0.2) is 0 Å². The molecule has 1 N–H and O–H groups in total. The largest absolute Gasteiger partial charge is 0.496 e. The average Bonchev–Trinajstić information content (AvgIpc) is 2.33. The lowest BCUT2D eigenvalue weighted by atomic mass is 10.1. The van der Waals surface area contributed by atoms with Gasteiger partial charge in [-0.3, -0.25) is 4.90 Å². The summed E-state index contributed by atoms with van der Waals surface area (Å²) in [6, 6.07) is 8.86. The fraction of sp³-hybridized carbons (Fsp3) is 0.538. The third-order valence-corrected chi connectivity index (χ3v) is 3.20. The number of hydrogen-bond acceptors (Lipinski definition) is 3. The van der Waals surface area contributed by atoms with Gasteiger partial charge < -0.3 is 10.1 Å². The van der Waals surface area contributed by atoms with Gasteiger partial charge in [-0.15, -0.1) is 12.4 Å². The minimum atomic E-state index is 0. The Morgan fingerprint density at radius 1 is 1.41 bits per heavy atom. The SMILES string of the molecule is COc1ccccc1CN1CCNCC1C.Cl. The Balaban J connectivity index is 0.00000144. The molecule has 1 heterocycles. The maximum atomic E-state index is 5.38. The Bertz CT molecular complexity index is 346. The van der Waals surface area contributed by atoms with Gasteiger partial charge in [-0.1, -0.05) is 18.2 Å². The smallest absolute Gasteiger partial charge is 0.123 e. The van der Waals surface area contributed by atoms with Gasteiger partial charge in [0.25, 0.3) is 0 Å². The highest BCUT2D eigenvalue weighted by Gasteiger charge is 2.18. The Morgan fingerprint density at radius 2 is 2.18 bits per heavy atom. The van der Waals surface area contributed by atoms with Crippen LogP contribution in [0.1, 0.15) is 12.5 Å². The van der Waals surface area contributed by atoms with E-state index in [-0.39, 0.29) is 12.4 Å². The first-order chi connectivity index (χ1) is 7.81. The normalized spacial score (nSPS) is 20.7. The second kappa shape index (κ2) is 6.84. The molecule has 1 aliphatic heterocycles. The van der Waals surface area contributed by atoms with E-state index in [4.69, 9.17) is 4.74 Å². The highest BCUT2D eigenvalue weighted by Crippen LogP contribution is 2.20. The van der Waals surface area contributed by atoms with Crippen LogP contribution in [-0.4, -0.2) is 37.7 Å². The van der Waals surface area contributed by atoms with E-state index in [0.717, 1.165) is 31.9 Å². The molecular formula is C13H21ClN2O. The van der Waals surface area contributed by atoms with Crippen LogP contribution in [0.5, 0.6) is 5.75 Å². The number of nitrogens with zero attached hydrogens (tertiary/aromatic N) is 1. The molecule has 0 saturated carbocycles. The summed E-state index contributed by atoms with van der Waals surface area (Å²) in [4.78, 5) is 2.49. The van der Waals surface area contributed by atoms with Crippen LogP contribution in [0.4, 0.5) is 0 Å². The van der Waals surface area contributed by atoms with E-state index in [0.29, 0.717) is 6.04 Å². The van der Waals surface area contributed by atoms with E-state index in [2.05, 4.69) is 29.3 Å². The molecule has 17 heavy (non-hydrogen) atoms. The molecule has 4 heteroatoms. The summed E-state index contributed by atoms with van der Waals surface area (Å²) in [6.07, 6.45) is 0. The molecule has 0 spiro atoms. The lowest BCUT2D eigenvalue weighted by Gasteiger charge is -2.34. The summed E-state index contributed by atoms with van der Waals surface area (Å²) in [5, 5.41) is 3.41. The molecule has 1 unspecified atom stereocenters. The molecule has 1 aromatic carbocycles. The zero-order chi connectivity index (χ0) is 11.4. The molecule has 0 radical (unpaired) electrons.